The molecule has 0 aliphatic heterocycles. The molecule has 0 unspecified atom stereocenters. The van der Waals surface area contributed by atoms with Crippen LogP contribution in [0.2, 0.25) is 0 Å². The standard InChI is InChI=1S/C12H12N2O5/c1-17-10-8-7(13-12(14-10)19-3)5-4-6(9(8)15)11(16)18-2/h4-5,15H,1-3H3. The van der Waals surface area contributed by atoms with E-state index in [1.54, 1.807) is 6.07 Å². The number of aromatic hydroxyl groups is 1. The van der Waals surface area contributed by atoms with E-state index < -0.39 is 5.97 Å². The second-order valence-electron chi connectivity index (χ2n) is 3.57. The second kappa shape index (κ2) is 4.97. The molecule has 0 bridgehead atoms. The van der Waals surface area contributed by atoms with Crippen LogP contribution < -0.4 is 9.47 Å². The van der Waals surface area contributed by atoms with Crippen molar-refractivity contribution >= 4 is 16.9 Å². The van der Waals surface area contributed by atoms with Gasteiger partial charge in [-0.1, -0.05) is 0 Å². The number of carbonyl (C=O) groups excluding carboxylic acids is 1. The van der Waals surface area contributed by atoms with Gasteiger partial charge in [-0.05, 0) is 12.1 Å². The van der Waals surface area contributed by atoms with Crippen LogP contribution in [0, 0.1) is 0 Å². The van der Waals surface area contributed by atoms with E-state index in [-0.39, 0.29) is 28.6 Å². The third-order valence-electron chi connectivity index (χ3n) is 2.56. The van der Waals surface area contributed by atoms with Gasteiger partial charge in [0.25, 0.3) is 0 Å². The Kier molecular flexibility index (Phi) is 3.37. The molecule has 2 aromatic rings. The van der Waals surface area contributed by atoms with Crippen molar-refractivity contribution in [3.63, 3.8) is 0 Å². The molecule has 0 saturated heterocycles. The predicted molar refractivity (Wildman–Crippen MR) is 65.6 cm³/mol. The van der Waals surface area contributed by atoms with Gasteiger partial charge in [-0.25, -0.2) is 4.79 Å². The first-order valence-corrected chi connectivity index (χ1v) is 5.32. The maximum atomic E-state index is 11.5. The summed E-state index contributed by atoms with van der Waals surface area (Å²) in [4.78, 5) is 19.5. The predicted octanol–water partition coefficient (Wildman–Crippen LogP) is 1.14. The summed E-state index contributed by atoms with van der Waals surface area (Å²) >= 11 is 0. The summed E-state index contributed by atoms with van der Waals surface area (Å²) in [6, 6.07) is 3.07. The average molecular weight is 264 g/mol. The molecule has 1 N–H and O–H groups in total. The van der Waals surface area contributed by atoms with Gasteiger partial charge in [-0.3, -0.25) is 0 Å². The van der Waals surface area contributed by atoms with Gasteiger partial charge in [-0.15, -0.1) is 0 Å². The first-order chi connectivity index (χ1) is 9.12. The van der Waals surface area contributed by atoms with Crippen LogP contribution in [0.4, 0.5) is 0 Å². The van der Waals surface area contributed by atoms with Gasteiger partial charge in [0.05, 0.1) is 26.8 Å². The number of ether oxygens (including phenoxy) is 3. The molecule has 0 fully saturated rings. The van der Waals surface area contributed by atoms with Crippen molar-refractivity contribution in [3.05, 3.63) is 17.7 Å². The van der Waals surface area contributed by atoms with E-state index in [1.165, 1.54) is 27.4 Å². The second-order valence-corrected chi connectivity index (χ2v) is 3.57. The molecule has 7 heteroatoms. The van der Waals surface area contributed by atoms with Crippen molar-refractivity contribution < 1.29 is 24.1 Å². The molecule has 0 aliphatic carbocycles. The Morgan fingerprint density at radius 3 is 2.47 bits per heavy atom. The number of rotatable bonds is 3. The third kappa shape index (κ3) is 2.10. The lowest BCUT2D eigenvalue weighted by Crippen LogP contribution is -2.03. The molecular formula is C12H12N2O5. The lowest BCUT2D eigenvalue weighted by Gasteiger charge is -2.10. The number of carbonyl (C=O) groups is 1. The van der Waals surface area contributed by atoms with Crippen LogP contribution in [0.3, 0.4) is 0 Å². The first-order valence-electron chi connectivity index (χ1n) is 5.32. The molecule has 2 rings (SSSR count). The number of aromatic nitrogens is 2. The SMILES string of the molecule is COC(=O)c1ccc2nc(OC)nc(OC)c2c1O. The smallest absolute Gasteiger partial charge is 0.341 e. The number of methoxy groups -OCH3 is 3. The fourth-order valence-corrected chi connectivity index (χ4v) is 1.67. The Hall–Kier alpha value is -2.57. The summed E-state index contributed by atoms with van der Waals surface area (Å²) in [6.45, 7) is 0. The van der Waals surface area contributed by atoms with E-state index in [2.05, 4.69) is 14.7 Å². The first kappa shape index (κ1) is 12.9. The van der Waals surface area contributed by atoms with Gasteiger partial charge < -0.3 is 19.3 Å². The van der Waals surface area contributed by atoms with Crippen molar-refractivity contribution in [1.82, 2.24) is 9.97 Å². The number of phenols is 1. The quantitative estimate of drug-likeness (QED) is 0.831. The molecule has 0 atom stereocenters. The van der Waals surface area contributed by atoms with Crippen molar-refractivity contribution in [2.24, 2.45) is 0 Å². The Balaban J connectivity index is 2.77. The summed E-state index contributed by atoms with van der Waals surface area (Å²) in [5.74, 6) is -0.828. The number of hydrogen-bond donors (Lipinski definition) is 1. The molecule has 1 aromatic heterocycles. The Morgan fingerprint density at radius 1 is 1.16 bits per heavy atom. The van der Waals surface area contributed by atoms with Gasteiger partial charge in [-0.2, -0.15) is 9.97 Å². The highest BCUT2D eigenvalue weighted by Crippen LogP contribution is 2.35. The van der Waals surface area contributed by atoms with E-state index in [0.717, 1.165) is 0 Å². The number of fused-ring (bicyclic) bond motifs is 1. The highest BCUT2D eigenvalue weighted by molar-refractivity contribution is 6.01. The van der Waals surface area contributed by atoms with Crippen LogP contribution >= 0.6 is 0 Å². The van der Waals surface area contributed by atoms with Crippen LogP contribution in [-0.2, 0) is 4.74 Å². The molecule has 7 nitrogen and oxygen atoms in total. The van der Waals surface area contributed by atoms with Crippen LogP contribution in [0.5, 0.6) is 17.6 Å². The minimum atomic E-state index is -0.655. The molecular weight excluding hydrogens is 252 g/mol. The summed E-state index contributed by atoms with van der Waals surface area (Å²) in [6.07, 6.45) is 0. The highest BCUT2D eigenvalue weighted by atomic mass is 16.5. The summed E-state index contributed by atoms with van der Waals surface area (Å²) in [5, 5.41) is 10.4. The van der Waals surface area contributed by atoms with E-state index in [1.807, 2.05) is 0 Å². The summed E-state index contributed by atoms with van der Waals surface area (Å²) in [7, 11) is 4.04. The van der Waals surface area contributed by atoms with Crippen LogP contribution in [0.15, 0.2) is 12.1 Å². The summed E-state index contributed by atoms with van der Waals surface area (Å²) < 4.78 is 14.6. The van der Waals surface area contributed by atoms with E-state index >= 15 is 0 Å². The van der Waals surface area contributed by atoms with Crippen molar-refractivity contribution in [1.29, 1.82) is 0 Å². The fourth-order valence-electron chi connectivity index (χ4n) is 1.67. The van der Waals surface area contributed by atoms with Gasteiger partial charge in [0, 0.05) is 0 Å². The Bertz CT molecular complexity index is 642. The number of benzene rings is 1. The van der Waals surface area contributed by atoms with Crippen molar-refractivity contribution in [2.75, 3.05) is 21.3 Å². The number of esters is 1. The molecule has 0 radical (unpaired) electrons. The van der Waals surface area contributed by atoms with Crippen LogP contribution in [0.1, 0.15) is 10.4 Å². The maximum absolute atomic E-state index is 11.5. The molecule has 0 aliphatic rings. The Morgan fingerprint density at radius 2 is 1.89 bits per heavy atom. The molecule has 1 aromatic carbocycles. The minimum Gasteiger partial charge on any atom is -0.506 e. The topological polar surface area (TPSA) is 90.8 Å². The number of phenolic OH excluding ortho intramolecular Hbond substituents is 1. The zero-order chi connectivity index (χ0) is 14.0. The van der Waals surface area contributed by atoms with E-state index in [4.69, 9.17) is 9.47 Å². The van der Waals surface area contributed by atoms with Crippen molar-refractivity contribution in [2.45, 2.75) is 0 Å². The maximum Gasteiger partial charge on any atom is 0.341 e. The third-order valence-corrected chi connectivity index (χ3v) is 2.56. The lowest BCUT2D eigenvalue weighted by atomic mass is 10.1. The zero-order valence-corrected chi connectivity index (χ0v) is 10.6. The largest absolute Gasteiger partial charge is 0.506 e. The molecule has 0 spiro atoms. The molecule has 1 heterocycles. The van der Waals surface area contributed by atoms with Gasteiger partial charge in [0.1, 0.15) is 16.7 Å². The van der Waals surface area contributed by atoms with Gasteiger partial charge in [0.2, 0.25) is 5.88 Å². The van der Waals surface area contributed by atoms with Crippen molar-refractivity contribution in [3.8, 4) is 17.6 Å². The minimum absolute atomic E-state index is 0.0158. The molecule has 0 saturated carbocycles. The fraction of sp³-hybridized carbons (Fsp3) is 0.250. The monoisotopic (exact) mass is 264 g/mol. The van der Waals surface area contributed by atoms with Gasteiger partial charge >= 0.3 is 12.0 Å². The van der Waals surface area contributed by atoms with Gasteiger partial charge in [0.15, 0.2) is 0 Å². The van der Waals surface area contributed by atoms with E-state index in [0.29, 0.717) is 5.52 Å². The Labute approximate surface area is 108 Å². The number of hydrogen-bond acceptors (Lipinski definition) is 7. The zero-order valence-electron chi connectivity index (χ0n) is 10.6. The lowest BCUT2D eigenvalue weighted by molar-refractivity contribution is 0.0598. The van der Waals surface area contributed by atoms with Crippen LogP contribution in [-0.4, -0.2) is 42.4 Å². The number of nitrogens with zero attached hydrogens (tertiary/aromatic N) is 2. The van der Waals surface area contributed by atoms with Crippen LogP contribution in [0.25, 0.3) is 10.9 Å². The van der Waals surface area contributed by atoms with E-state index in [9.17, 15) is 9.90 Å². The molecule has 19 heavy (non-hydrogen) atoms. The normalized spacial score (nSPS) is 10.3. The summed E-state index contributed by atoms with van der Waals surface area (Å²) in [5.41, 5.74) is 0.413. The molecule has 0 amide bonds. The highest BCUT2D eigenvalue weighted by Gasteiger charge is 2.19. The average Bonchev–Trinajstić information content (AvgIpc) is 2.45. The molecule has 100 valence electrons.